The number of nitrogens with zero attached hydrogens (tertiary/aromatic N) is 2. The van der Waals surface area contributed by atoms with Crippen LogP contribution in [-0.4, -0.2) is 66.1 Å². The van der Waals surface area contributed by atoms with Crippen LogP contribution in [0.5, 0.6) is 5.75 Å². The van der Waals surface area contributed by atoms with Gasteiger partial charge in [0.25, 0.3) is 0 Å². The van der Waals surface area contributed by atoms with Crippen LogP contribution in [0.2, 0.25) is 0 Å². The minimum Gasteiger partial charge on any atom is -0.492 e. The van der Waals surface area contributed by atoms with Gasteiger partial charge in [-0.25, -0.2) is 0 Å². The summed E-state index contributed by atoms with van der Waals surface area (Å²) in [5.74, 6) is -0.600. The number of fused-ring (bicyclic) bond motifs is 1. The van der Waals surface area contributed by atoms with Crippen molar-refractivity contribution in [3.05, 3.63) is 42.0 Å². The number of carbonyl (C=O) groups is 2. The highest BCUT2D eigenvalue weighted by Gasteiger charge is 2.61. The number of likely N-dealkylation sites (tertiary alicyclic amines) is 2. The van der Waals surface area contributed by atoms with Gasteiger partial charge in [0.2, 0.25) is 5.91 Å². The van der Waals surface area contributed by atoms with Gasteiger partial charge in [0.15, 0.2) is 0 Å². The fourth-order valence-electron chi connectivity index (χ4n) is 4.05. The predicted molar refractivity (Wildman–Crippen MR) is 98.2 cm³/mol. The van der Waals surface area contributed by atoms with Crippen molar-refractivity contribution < 1.29 is 19.4 Å². The summed E-state index contributed by atoms with van der Waals surface area (Å²) in [4.78, 5) is 28.2. The van der Waals surface area contributed by atoms with Crippen molar-refractivity contribution in [2.75, 3.05) is 39.3 Å². The van der Waals surface area contributed by atoms with Gasteiger partial charge in [-0.1, -0.05) is 18.2 Å². The molecule has 26 heavy (non-hydrogen) atoms. The van der Waals surface area contributed by atoms with E-state index in [0.29, 0.717) is 32.8 Å². The van der Waals surface area contributed by atoms with Crippen molar-refractivity contribution in [2.24, 2.45) is 11.3 Å². The number of aliphatic carboxylic acids is 1. The van der Waals surface area contributed by atoms with Gasteiger partial charge in [0, 0.05) is 32.7 Å². The fraction of sp³-hybridized carbons (Fsp3) is 0.500. The third kappa shape index (κ3) is 3.09. The number of hydrogen-bond donors (Lipinski definition) is 1. The smallest absolute Gasteiger partial charge is 0.313 e. The number of rotatable bonds is 7. The van der Waals surface area contributed by atoms with E-state index in [4.69, 9.17) is 4.74 Å². The van der Waals surface area contributed by atoms with E-state index in [1.54, 1.807) is 11.0 Å². The normalized spacial score (nSPS) is 25.4. The minimum absolute atomic E-state index is 0.0785. The standard InChI is InChI=1S/C20H26N2O4/c1-4-8-22-13-20(19(24)25)12-21(11-16(20)18(22)23)9-10-26-17-7-5-6-14(2)15(17)3/h4-7,16H,1,8-13H2,2-3H3,(H,24,25)/t16-,20-/m0/s1. The van der Waals surface area contributed by atoms with Crippen LogP contribution in [0.3, 0.4) is 0 Å². The first-order valence-electron chi connectivity index (χ1n) is 8.93. The Bertz CT molecular complexity index is 733. The van der Waals surface area contributed by atoms with Gasteiger partial charge < -0.3 is 14.7 Å². The highest BCUT2D eigenvalue weighted by atomic mass is 16.5. The van der Waals surface area contributed by atoms with E-state index < -0.39 is 17.3 Å². The average Bonchev–Trinajstić information content (AvgIpc) is 3.08. The zero-order valence-electron chi connectivity index (χ0n) is 15.4. The van der Waals surface area contributed by atoms with E-state index in [2.05, 4.69) is 6.58 Å². The second-order valence-corrected chi connectivity index (χ2v) is 7.30. The molecule has 6 heteroatoms. The Morgan fingerprint density at radius 3 is 2.85 bits per heavy atom. The Morgan fingerprint density at radius 1 is 1.42 bits per heavy atom. The summed E-state index contributed by atoms with van der Waals surface area (Å²) in [6, 6.07) is 5.95. The van der Waals surface area contributed by atoms with Crippen LogP contribution in [0.1, 0.15) is 11.1 Å². The van der Waals surface area contributed by atoms with Crippen molar-refractivity contribution in [3.8, 4) is 5.75 Å². The number of aryl methyl sites for hydroxylation is 1. The maximum absolute atomic E-state index is 12.6. The summed E-state index contributed by atoms with van der Waals surface area (Å²) in [7, 11) is 0. The zero-order valence-corrected chi connectivity index (χ0v) is 15.4. The highest BCUT2D eigenvalue weighted by molar-refractivity contribution is 5.92. The fourth-order valence-corrected chi connectivity index (χ4v) is 4.05. The van der Waals surface area contributed by atoms with Crippen LogP contribution in [0, 0.1) is 25.2 Å². The van der Waals surface area contributed by atoms with E-state index in [-0.39, 0.29) is 12.5 Å². The minimum atomic E-state index is -1.01. The Kier molecular flexibility index (Phi) is 5.05. The summed E-state index contributed by atoms with van der Waals surface area (Å²) < 4.78 is 5.88. The first-order valence-corrected chi connectivity index (χ1v) is 8.93. The molecule has 2 atom stereocenters. The molecule has 1 amide bonds. The zero-order chi connectivity index (χ0) is 18.9. The van der Waals surface area contributed by atoms with Gasteiger partial charge >= 0.3 is 5.97 Å². The maximum atomic E-state index is 12.6. The molecule has 6 nitrogen and oxygen atoms in total. The molecule has 0 spiro atoms. The van der Waals surface area contributed by atoms with Gasteiger partial charge in [-0.15, -0.1) is 6.58 Å². The second-order valence-electron chi connectivity index (χ2n) is 7.30. The van der Waals surface area contributed by atoms with Gasteiger partial charge in [0.1, 0.15) is 17.8 Å². The Balaban J connectivity index is 1.62. The summed E-state index contributed by atoms with van der Waals surface area (Å²) in [6.07, 6.45) is 1.64. The first-order chi connectivity index (χ1) is 12.4. The summed E-state index contributed by atoms with van der Waals surface area (Å²) in [5, 5.41) is 9.80. The molecule has 1 N–H and O–H groups in total. The van der Waals surface area contributed by atoms with Crippen molar-refractivity contribution in [3.63, 3.8) is 0 Å². The Morgan fingerprint density at radius 2 is 2.19 bits per heavy atom. The number of carboxylic acid groups (broad SMARTS) is 1. The molecule has 2 aliphatic rings. The molecule has 0 unspecified atom stereocenters. The van der Waals surface area contributed by atoms with Crippen molar-refractivity contribution in [1.29, 1.82) is 0 Å². The average molecular weight is 358 g/mol. The quantitative estimate of drug-likeness (QED) is 0.752. The van der Waals surface area contributed by atoms with Crippen LogP contribution in [0.4, 0.5) is 0 Å². The third-order valence-corrected chi connectivity index (χ3v) is 5.69. The molecule has 1 aromatic carbocycles. The SMILES string of the molecule is C=CCN1C[C@@]2(C(=O)O)CN(CCOc3cccc(C)c3C)C[C@H]2C1=O. The van der Waals surface area contributed by atoms with Crippen LogP contribution < -0.4 is 4.74 Å². The number of hydrogen-bond acceptors (Lipinski definition) is 4. The number of amides is 1. The molecule has 0 aromatic heterocycles. The van der Waals surface area contributed by atoms with E-state index in [1.165, 1.54) is 5.56 Å². The lowest BCUT2D eigenvalue weighted by Gasteiger charge is -2.24. The molecule has 3 rings (SSSR count). The maximum Gasteiger partial charge on any atom is 0.313 e. The largest absolute Gasteiger partial charge is 0.492 e. The highest BCUT2D eigenvalue weighted by Crippen LogP contribution is 2.43. The van der Waals surface area contributed by atoms with Crippen molar-refractivity contribution in [1.82, 2.24) is 9.80 Å². The van der Waals surface area contributed by atoms with Gasteiger partial charge in [-0.3, -0.25) is 14.5 Å². The molecule has 1 aromatic rings. The number of benzene rings is 1. The second kappa shape index (κ2) is 7.11. The van der Waals surface area contributed by atoms with Gasteiger partial charge in [-0.05, 0) is 31.0 Å². The summed E-state index contributed by atoms with van der Waals surface area (Å²) >= 11 is 0. The lowest BCUT2D eigenvalue weighted by molar-refractivity contribution is -0.149. The molecule has 2 heterocycles. The molecule has 0 bridgehead atoms. The molecule has 140 valence electrons. The van der Waals surface area contributed by atoms with Crippen LogP contribution >= 0.6 is 0 Å². The molecule has 0 radical (unpaired) electrons. The third-order valence-electron chi connectivity index (χ3n) is 5.69. The van der Waals surface area contributed by atoms with E-state index in [1.807, 2.05) is 36.9 Å². The summed E-state index contributed by atoms with van der Waals surface area (Å²) in [5.41, 5.74) is 1.28. The number of ether oxygens (including phenoxy) is 1. The lowest BCUT2D eigenvalue weighted by Crippen LogP contribution is -2.41. The first kappa shape index (κ1) is 18.5. The molecule has 2 aliphatic heterocycles. The molecule has 2 fully saturated rings. The van der Waals surface area contributed by atoms with E-state index >= 15 is 0 Å². The van der Waals surface area contributed by atoms with Crippen molar-refractivity contribution >= 4 is 11.9 Å². The topological polar surface area (TPSA) is 70.1 Å². The van der Waals surface area contributed by atoms with Crippen molar-refractivity contribution in [2.45, 2.75) is 13.8 Å². The van der Waals surface area contributed by atoms with Gasteiger partial charge in [0.05, 0.1) is 5.92 Å². The monoisotopic (exact) mass is 358 g/mol. The molecule has 0 saturated carbocycles. The summed E-state index contributed by atoms with van der Waals surface area (Å²) in [6.45, 7) is 10.3. The molecular formula is C20H26N2O4. The van der Waals surface area contributed by atoms with Crippen LogP contribution in [-0.2, 0) is 9.59 Å². The molecule has 2 saturated heterocycles. The molecule has 0 aliphatic carbocycles. The number of carboxylic acids is 1. The van der Waals surface area contributed by atoms with E-state index in [0.717, 1.165) is 11.3 Å². The van der Waals surface area contributed by atoms with E-state index in [9.17, 15) is 14.7 Å². The number of carbonyl (C=O) groups excluding carboxylic acids is 1. The van der Waals surface area contributed by atoms with Gasteiger partial charge in [-0.2, -0.15) is 0 Å². The molecular weight excluding hydrogens is 332 g/mol. The lowest BCUT2D eigenvalue weighted by atomic mass is 9.81. The Hall–Kier alpha value is -2.34. The predicted octanol–water partition coefficient (Wildman–Crippen LogP) is 1.71. The van der Waals surface area contributed by atoms with Crippen LogP contribution in [0.15, 0.2) is 30.9 Å². The Labute approximate surface area is 154 Å². The van der Waals surface area contributed by atoms with Crippen LogP contribution in [0.25, 0.3) is 0 Å².